The molecule has 0 radical (unpaired) electrons. The van der Waals surface area contributed by atoms with E-state index < -0.39 is 5.91 Å². The summed E-state index contributed by atoms with van der Waals surface area (Å²) < 4.78 is 1.75. The summed E-state index contributed by atoms with van der Waals surface area (Å²) >= 11 is 0. The van der Waals surface area contributed by atoms with Crippen molar-refractivity contribution in [2.75, 3.05) is 18.0 Å². The Morgan fingerprint density at radius 3 is 2.61 bits per heavy atom. The summed E-state index contributed by atoms with van der Waals surface area (Å²) in [6.07, 6.45) is 3.10. The van der Waals surface area contributed by atoms with Crippen molar-refractivity contribution in [2.45, 2.75) is 26.8 Å². The first-order valence-corrected chi connectivity index (χ1v) is 8.06. The van der Waals surface area contributed by atoms with Crippen molar-refractivity contribution in [3.05, 3.63) is 40.8 Å². The van der Waals surface area contributed by atoms with Gasteiger partial charge in [0.05, 0.1) is 17.8 Å². The van der Waals surface area contributed by atoms with Gasteiger partial charge in [0.1, 0.15) is 5.82 Å². The number of aromatic nitrogens is 3. The number of carbonyl (C=O) groups excluding carboxylic acids is 1. The lowest BCUT2D eigenvalue weighted by molar-refractivity contribution is 0.0999. The topological polar surface area (TPSA) is 77.0 Å². The van der Waals surface area contributed by atoms with Gasteiger partial charge in [-0.25, -0.2) is 4.98 Å². The zero-order chi connectivity index (χ0) is 16.1. The first-order chi connectivity index (χ1) is 11.0. The van der Waals surface area contributed by atoms with Crippen LogP contribution in [0.5, 0.6) is 0 Å². The van der Waals surface area contributed by atoms with E-state index in [1.165, 1.54) is 6.42 Å². The van der Waals surface area contributed by atoms with Crippen LogP contribution >= 0.6 is 0 Å². The highest BCUT2D eigenvalue weighted by Crippen LogP contribution is 2.45. The van der Waals surface area contributed by atoms with Crippen LogP contribution in [0.2, 0.25) is 0 Å². The van der Waals surface area contributed by atoms with Crippen LogP contribution in [0, 0.1) is 25.7 Å². The Labute approximate surface area is 135 Å². The molecular weight excluding hydrogens is 290 g/mol. The predicted octanol–water partition coefficient (Wildman–Crippen LogP) is 1.50. The van der Waals surface area contributed by atoms with Crippen LogP contribution in [0.15, 0.2) is 18.3 Å². The van der Waals surface area contributed by atoms with E-state index in [1.807, 2.05) is 6.92 Å². The van der Waals surface area contributed by atoms with Crippen molar-refractivity contribution >= 4 is 11.7 Å². The van der Waals surface area contributed by atoms with Crippen LogP contribution in [0.25, 0.3) is 0 Å². The molecular formula is C17H21N5O. The lowest BCUT2D eigenvalue weighted by Crippen LogP contribution is -2.23. The van der Waals surface area contributed by atoms with Gasteiger partial charge >= 0.3 is 0 Å². The molecule has 1 amide bonds. The number of piperidine rings is 1. The molecule has 2 aromatic rings. The molecule has 6 heteroatoms. The molecule has 3 heterocycles. The number of carbonyl (C=O) groups is 1. The smallest absolute Gasteiger partial charge is 0.252 e. The van der Waals surface area contributed by atoms with E-state index in [2.05, 4.69) is 22.1 Å². The van der Waals surface area contributed by atoms with Crippen LogP contribution in [0.4, 0.5) is 5.82 Å². The molecule has 0 spiro atoms. The summed E-state index contributed by atoms with van der Waals surface area (Å²) in [7, 11) is 0. The maximum atomic E-state index is 11.3. The normalized spacial score (nSPS) is 22.3. The summed E-state index contributed by atoms with van der Waals surface area (Å²) in [5, 5.41) is 4.36. The molecule has 2 fully saturated rings. The number of pyridine rings is 1. The van der Waals surface area contributed by atoms with E-state index >= 15 is 0 Å². The number of rotatable bonds is 4. The van der Waals surface area contributed by atoms with Gasteiger partial charge in [-0.05, 0) is 43.7 Å². The average Bonchev–Trinajstić information content (AvgIpc) is 2.93. The maximum Gasteiger partial charge on any atom is 0.252 e. The first-order valence-electron chi connectivity index (χ1n) is 8.06. The zero-order valence-electron chi connectivity index (χ0n) is 13.5. The SMILES string of the molecule is Cc1nc(N2CC3CC3C2)ccc1Cn1cc(C(N)=O)c(C)n1. The lowest BCUT2D eigenvalue weighted by atomic mass is 10.2. The van der Waals surface area contributed by atoms with Crippen LogP contribution in [0.1, 0.15) is 33.7 Å². The van der Waals surface area contributed by atoms with Crippen molar-refractivity contribution in [3.8, 4) is 0 Å². The Balaban J connectivity index is 1.53. The number of fused-ring (bicyclic) bond motifs is 1. The zero-order valence-corrected chi connectivity index (χ0v) is 13.5. The highest BCUT2D eigenvalue weighted by atomic mass is 16.1. The molecule has 2 unspecified atom stereocenters. The number of amides is 1. The molecule has 1 saturated heterocycles. The average molecular weight is 311 g/mol. The molecule has 2 aromatic heterocycles. The minimum atomic E-state index is -0.438. The Hall–Kier alpha value is -2.37. The third kappa shape index (κ3) is 2.58. The number of hydrogen-bond acceptors (Lipinski definition) is 4. The van der Waals surface area contributed by atoms with Crippen molar-refractivity contribution in [2.24, 2.45) is 17.6 Å². The Kier molecular flexibility index (Phi) is 3.14. The third-order valence-electron chi connectivity index (χ3n) is 5.03. The molecule has 1 saturated carbocycles. The fraction of sp³-hybridized carbons (Fsp3) is 0.471. The number of primary amides is 1. The molecule has 23 heavy (non-hydrogen) atoms. The fourth-order valence-electron chi connectivity index (χ4n) is 3.52. The number of nitrogens with two attached hydrogens (primary N) is 1. The monoisotopic (exact) mass is 311 g/mol. The predicted molar refractivity (Wildman–Crippen MR) is 87.4 cm³/mol. The minimum absolute atomic E-state index is 0.438. The standard InChI is InChI=1S/C17H21N5O/c1-10-12(8-22-9-15(17(18)23)11(2)20-22)3-4-16(19-10)21-6-13-5-14(13)7-21/h3-4,9,13-14H,5-8H2,1-2H3,(H2,18,23). The van der Waals surface area contributed by atoms with E-state index in [4.69, 9.17) is 10.7 Å². The first kappa shape index (κ1) is 14.2. The molecule has 0 aromatic carbocycles. The molecule has 4 rings (SSSR count). The number of aryl methyl sites for hydroxylation is 2. The van der Waals surface area contributed by atoms with Crippen LogP contribution < -0.4 is 10.6 Å². The van der Waals surface area contributed by atoms with Crippen LogP contribution in [0.3, 0.4) is 0 Å². The molecule has 1 aliphatic heterocycles. The second-order valence-electron chi connectivity index (χ2n) is 6.76. The highest BCUT2D eigenvalue weighted by molar-refractivity contribution is 5.93. The minimum Gasteiger partial charge on any atom is -0.365 e. The van der Waals surface area contributed by atoms with E-state index in [1.54, 1.807) is 17.8 Å². The second kappa shape index (κ2) is 5.08. The largest absolute Gasteiger partial charge is 0.365 e. The van der Waals surface area contributed by atoms with Crippen molar-refractivity contribution in [1.82, 2.24) is 14.8 Å². The summed E-state index contributed by atoms with van der Waals surface area (Å²) in [6.45, 7) is 6.72. The molecule has 2 N–H and O–H groups in total. The van der Waals surface area contributed by atoms with E-state index in [-0.39, 0.29) is 0 Å². The highest BCUT2D eigenvalue weighted by Gasteiger charge is 2.45. The summed E-state index contributed by atoms with van der Waals surface area (Å²) in [5.41, 5.74) is 8.60. The molecule has 2 atom stereocenters. The third-order valence-corrected chi connectivity index (χ3v) is 5.03. The summed E-state index contributed by atoms with van der Waals surface area (Å²) in [5.74, 6) is 2.44. The van der Waals surface area contributed by atoms with E-state index in [0.29, 0.717) is 17.8 Å². The summed E-state index contributed by atoms with van der Waals surface area (Å²) in [6, 6.07) is 4.21. The van der Waals surface area contributed by atoms with Gasteiger partial charge in [-0.15, -0.1) is 0 Å². The Morgan fingerprint density at radius 2 is 2.00 bits per heavy atom. The van der Waals surface area contributed by atoms with Gasteiger partial charge in [-0.1, -0.05) is 6.07 Å². The second-order valence-corrected chi connectivity index (χ2v) is 6.76. The molecule has 0 bridgehead atoms. The van der Waals surface area contributed by atoms with Crippen LogP contribution in [-0.2, 0) is 6.54 Å². The number of nitrogens with zero attached hydrogens (tertiary/aromatic N) is 4. The maximum absolute atomic E-state index is 11.3. The number of anilines is 1. The van der Waals surface area contributed by atoms with Gasteiger partial charge in [-0.3, -0.25) is 9.48 Å². The van der Waals surface area contributed by atoms with Gasteiger partial charge in [-0.2, -0.15) is 5.10 Å². The van der Waals surface area contributed by atoms with Crippen LogP contribution in [-0.4, -0.2) is 33.8 Å². The molecule has 6 nitrogen and oxygen atoms in total. The molecule has 120 valence electrons. The van der Waals surface area contributed by atoms with Crippen molar-refractivity contribution in [1.29, 1.82) is 0 Å². The Bertz CT molecular complexity index is 771. The quantitative estimate of drug-likeness (QED) is 0.928. The Morgan fingerprint density at radius 1 is 1.26 bits per heavy atom. The summed E-state index contributed by atoms with van der Waals surface area (Å²) in [4.78, 5) is 18.5. The van der Waals surface area contributed by atoms with Gasteiger partial charge in [0.25, 0.3) is 5.91 Å². The number of hydrogen-bond donors (Lipinski definition) is 1. The van der Waals surface area contributed by atoms with Crippen molar-refractivity contribution < 1.29 is 4.79 Å². The van der Waals surface area contributed by atoms with Gasteiger partial charge in [0, 0.05) is 25.0 Å². The van der Waals surface area contributed by atoms with E-state index in [0.717, 1.165) is 42.0 Å². The van der Waals surface area contributed by atoms with Gasteiger partial charge < -0.3 is 10.6 Å². The fourth-order valence-corrected chi connectivity index (χ4v) is 3.52. The lowest BCUT2D eigenvalue weighted by Gasteiger charge is -2.20. The van der Waals surface area contributed by atoms with Crippen molar-refractivity contribution in [3.63, 3.8) is 0 Å². The van der Waals surface area contributed by atoms with Gasteiger partial charge in [0.15, 0.2) is 0 Å². The van der Waals surface area contributed by atoms with E-state index in [9.17, 15) is 4.79 Å². The molecule has 1 aliphatic carbocycles. The molecule has 2 aliphatic rings. The van der Waals surface area contributed by atoms with Gasteiger partial charge in [0.2, 0.25) is 0 Å².